The second-order valence-corrected chi connectivity index (χ2v) is 11.1. The molecule has 1 fully saturated rings. The molecule has 38 heavy (non-hydrogen) atoms. The van der Waals surface area contributed by atoms with Crippen LogP contribution in [0.25, 0.3) is 0 Å². The normalized spacial score (nSPS) is 22.4. The second-order valence-electron chi connectivity index (χ2n) is 10.1. The molecule has 1 aromatic heterocycles. The molecule has 0 saturated heterocycles. The molecule has 10 nitrogen and oxygen atoms in total. The molecule has 1 aromatic carbocycles. The van der Waals surface area contributed by atoms with Crippen LogP contribution < -0.4 is 10.1 Å². The van der Waals surface area contributed by atoms with E-state index in [0.29, 0.717) is 29.8 Å². The summed E-state index contributed by atoms with van der Waals surface area (Å²) in [5.74, 6) is -0.425. The summed E-state index contributed by atoms with van der Waals surface area (Å²) in [7, 11) is 0. The summed E-state index contributed by atoms with van der Waals surface area (Å²) in [6.07, 6.45) is 5.85. The van der Waals surface area contributed by atoms with Gasteiger partial charge in [-0.3, -0.25) is 14.4 Å². The van der Waals surface area contributed by atoms with E-state index in [-0.39, 0.29) is 39.5 Å². The van der Waals surface area contributed by atoms with Crippen molar-refractivity contribution in [3.63, 3.8) is 0 Å². The van der Waals surface area contributed by atoms with Crippen molar-refractivity contribution in [1.29, 1.82) is 0 Å². The number of fused-ring (bicyclic) bond motifs is 3. The number of aromatic nitrogens is 2. The van der Waals surface area contributed by atoms with Gasteiger partial charge in [-0.15, -0.1) is 0 Å². The average Bonchev–Trinajstić information content (AvgIpc) is 3.51. The third kappa shape index (κ3) is 3.91. The maximum atomic E-state index is 14.1. The number of nitrogens with zero attached hydrogens (tertiary/aromatic N) is 2. The van der Waals surface area contributed by atoms with Crippen molar-refractivity contribution in [2.75, 3.05) is 12.0 Å². The number of nitrogens with one attached hydrogen (secondary N) is 1. The van der Waals surface area contributed by atoms with Gasteiger partial charge in [-0.25, -0.2) is 0 Å². The number of carbonyl (C=O) groups is 3. The maximum Gasteiger partial charge on any atom is 0.249 e. The number of ether oxygens (including phenoxy) is 1. The number of phenols is 2. The Kier molecular flexibility index (Phi) is 6.37. The quantitative estimate of drug-likeness (QED) is 0.254. The highest BCUT2D eigenvalue weighted by molar-refractivity contribution is 7.98. The number of benzene rings is 1. The van der Waals surface area contributed by atoms with Gasteiger partial charge in [0.05, 0.1) is 11.1 Å². The van der Waals surface area contributed by atoms with E-state index in [9.17, 15) is 24.6 Å². The number of thioether (sulfide) groups is 1. The van der Waals surface area contributed by atoms with E-state index in [1.807, 2.05) is 6.26 Å². The molecular formula is C27H29N3O7S. The van der Waals surface area contributed by atoms with Gasteiger partial charge in [-0.05, 0) is 59.0 Å². The number of allylic oxidation sites excluding steroid dienone is 4. The van der Waals surface area contributed by atoms with E-state index < -0.39 is 34.6 Å². The Morgan fingerprint density at radius 1 is 1.26 bits per heavy atom. The van der Waals surface area contributed by atoms with Crippen molar-refractivity contribution in [2.45, 2.75) is 64.3 Å². The van der Waals surface area contributed by atoms with Crippen LogP contribution in [0.5, 0.6) is 17.2 Å². The number of Topliss-reactive ketones (excluding diaryl/α,β-unsaturated/α-hetero) is 2. The summed E-state index contributed by atoms with van der Waals surface area (Å²) in [6.45, 7) is 5.87. The fourth-order valence-electron chi connectivity index (χ4n) is 5.09. The second kappa shape index (κ2) is 9.30. The van der Waals surface area contributed by atoms with Crippen molar-refractivity contribution in [2.24, 2.45) is 0 Å². The van der Waals surface area contributed by atoms with E-state index in [4.69, 9.17) is 9.26 Å². The predicted octanol–water partition coefficient (Wildman–Crippen LogP) is 3.91. The summed E-state index contributed by atoms with van der Waals surface area (Å²) in [4.78, 5) is 44.2. The summed E-state index contributed by atoms with van der Waals surface area (Å²) in [5, 5.41) is 28.9. The van der Waals surface area contributed by atoms with E-state index in [0.717, 1.165) is 18.6 Å². The highest BCUT2D eigenvalue weighted by Gasteiger charge is 2.56. The van der Waals surface area contributed by atoms with Crippen LogP contribution in [0, 0.1) is 6.92 Å². The van der Waals surface area contributed by atoms with Gasteiger partial charge in [0.25, 0.3) is 0 Å². The van der Waals surface area contributed by atoms with Crippen LogP contribution in [0.1, 0.15) is 85.2 Å². The lowest BCUT2D eigenvalue weighted by molar-refractivity contribution is -0.123. The van der Waals surface area contributed by atoms with Crippen LogP contribution in [0.4, 0.5) is 0 Å². The van der Waals surface area contributed by atoms with Gasteiger partial charge in [-0.1, -0.05) is 5.16 Å². The Labute approximate surface area is 223 Å². The summed E-state index contributed by atoms with van der Waals surface area (Å²) >= 11 is 1.64. The first kappa shape index (κ1) is 26.0. The van der Waals surface area contributed by atoms with Crippen molar-refractivity contribution in [1.82, 2.24) is 15.5 Å². The number of ketones is 3. The molecule has 1 unspecified atom stereocenters. The smallest absolute Gasteiger partial charge is 0.249 e. The SMILES string of the molecule is CSCCC(NC(C)=C1C(=O)C=C2Oc3c(C(C)=O)c(O)c(C)c(O)c3[C@@]2(C)C1=O)c1nc(C2CC2)no1. The topological polar surface area (TPSA) is 152 Å². The lowest BCUT2D eigenvalue weighted by Crippen LogP contribution is -2.41. The molecule has 5 rings (SSSR count). The molecule has 2 aromatic rings. The summed E-state index contributed by atoms with van der Waals surface area (Å²) in [6, 6.07) is -0.419. The van der Waals surface area contributed by atoms with Gasteiger partial charge in [0, 0.05) is 23.3 Å². The van der Waals surface area contributed by atoms with Crippen molar-refractivity contribution >= 4 is 29.1 Å². The van der Waals surface area contributed by atoms with Gasteiger partial charge in [0.2, 0.25) is 5.89 Å². The van der Waals surface area contributed by atoms with Gasteiger partial charge < -0.3 is 24.8 Å². The van der Waals surface area contributed by atoms with Crippen LogP contribution in [0.2, 0.25) is 0 Å². The first-order valence-electron chi connectivity index (χ1n) is 12.4. The van der Waals surface area contributed by atoms with E-state index in [2.05, 4.69) is 15.5 Å². The lowest BCUT2D eigenvalue weighted by atomic mass is 9.70. The molecule has 2 heterocycles. The zero-order chi connectivity index (χ0) is 27.5. The fourth-order valence-corrected chi connectivity index (χ4v) is 5.56. The van der Waals surface area contributed by atoms with Crippen LogP contribution in [-0.2, 0) is 15.0 Å². The molecule has 2 aliphatic carbocycles. The van der Waals surface area contributed by atoms with Gasteiger partial charge in [0.15, 0.2) is 23.2 Å². The predicted molar refractivity (Wildman–Crippen MR) is 138 cm³/mol. The zero-order valence-corrected chi connectivity index (χ0v) is 22.6. The minimum atomic E-state index is -1.58. The Hall–Kier alpha value is -3.60. The highest BCUT2D eigenvalue weighted by Crippen LogP contribution is 2.57. The Morgan fingerprint density at radius 2 is 1.97 bits per heavy atom. The molecule has 3 aliphatic rings. The van der Waals surface area contributed by atoms with E-state index >= 15 is 0 Å². The van der Waals surface area contributed by atoms with Gasteiger partial charge in [-0.2, -0.15) is 16.7 Å². The Bertz CT molecular complexity index is 1450. The Balaban J connectivity index is 1.57. The minimum absolute atomic E-state index is 0.00763. The third-order valence-corrected chi connectivity index (χ3v) is 8.10. The fraction of sp³-hybridized carbons (Fsp3) is 0.444. The molecule has 0 radical (unpaired) electrons. The first-order valence-corrected chi connectivity index (χ1v) is 13.8. The van der Waals surface area contributed by atoms with Crippen LogP contribution >= 0.6 is 11.8 Å². The average molecular weight is 540 g/mol. The maximum absolute atomic E-state index is 14.1. The molecule has 11 heteroatoms. The molecule has 200 valence electrons. The molecular weight excluding hydrogens is 510 g/mol. The highest BCUT2D eigenvalue weighted by atomic mass is 32.2. The Morgan fingerprint density at radius 3 is 2.61 bits per heavy atom. The number of hydrogen-bond acceptors (Lipinski definition) is 11. The van der Waals surface area contributed by atoms with Crippen molar-refractivity contribution in [3.8, 4) is 17.2 Å². The standard InChI is InChI=1S/C27H29N3O7S/c1-11-21(33)19(13(3)31)23-20(22(11)34)27(4)17(36-23)10-16(32)18(24(27)35)12(2)28-15(8-9-38-5)26-29-25(30-37-26)14-6-7-14/h10,14-15,28,33-34H,6-9H2,1-5H3/t15?,27-/m0/s1. The molecule has 0 spiro atoms. The first-order chi connectivity index (χ1) is 18.0. The molecule has 0 amide bonds. The lowest BCUT2D eigenvalue weighted by Gasteiger charge is -2.29. The molecule has 2 atom stereocenters. The third-order valence-electron chi connectivity index (χ3n) is 7.46. The molecule has 3 N–H and O–H groups in total. The number of phenolic OH excluding ortho intramolecular Hbond substituents is 2. The largest absolute Gasteiger partial charge is 0.507 e. The molecule has 1 aliphatic heterocycles. The van der Waals surface area contributed by atoms with Crippen LogP contribution in [0.3, 0.4) is 0 Å². The molecule has 1 saturated carbocycles. The minimum Gasteiger partial charge on any atom is -0.507 e. The summed E-state index contributed by atoms with van der Waals surface area (Å²) in [5.41, 5.74) is -1.40. The monoisotopic (exact) mass is 539 g/mol. The number of rotatable bonds is 8. The number of hydrogen-bond donors (Lipinski definition) is 3. The zero-order valence-electron chi connectivity index (χ0n) is 21.8. The van der Waals surface area contributed by atoms with E-state index in [1.54, 1.807) is 18.7 Å². The van der Waals surface area contributed by atoms with Gasteiger partial charge in [0.1, 0.15) is 40.0 Å². The van der Waals surface area contributed by atoms with Gasteiger partial charge >= 0.3 is 0 Å². The van der Waals surface area contributed by atoms with Crippen LogP contribution in [0.15, 0.2) is 27.6 Å². The number of carbonyl (C=O) groups excluding carboxylic acids is 3. The van der Waals surface area contributed by atoms with E-state index in [1.165, 1.54) is 26.8 Å². The number of aromatic hydroxyl groups is 2. The van der Waals surface area contributed by atoms with Crippen molar-refractivity contribution in [3.05, 3.63) is 51.5 Å². The van der Waals surface area contributed by atoms with Crippen molar-refractivity contribution < 1.29 is 33.9 Å². The molecule has 0 bridgehead atoms. The van der Waals surface area contributed by atoms with Crippen LogP contribution in [-0.4, -0.2) is 49.7 Å². The summed E-state index contributed by atoms with van der Waals surface area (Å²) < 4.78 is 11.4.